The first-order chi connectivity index (χ1) is 9.26. The minimum atomic E-state index is -1.05. The second-order valence-electron chi connectivity index (χ2n) is 6.01. The molecule has 0 aromatic rings. The summed E-state index contributed by atoms with van der Waals surface area (Å²) in [6, 6.07) is -0.957. The number of hydrogen-bond acceptors (Lipinski definition) is 4. The van der Waals surface area contributed by atoms with Crippen LogP contribution in [0, 0.1) is 0 Å². The van der Waals surface area contributed by atoms with Crippen molar-refractivity contribution in [2.45, 2.75) is 64.7 Å². The minimum Gasteiger partial charge on any atom is -0.480 e. The number of carbonyl (C=O) groups is 2. The molecule has 116 valence electrons. The van der Waals surface area contributed by atoms with Gasteiger partial charge in [0.25, 0.3) is 0 Å². The number of ether oxygens (including phenoxy) is 2. The number of carbonyl (C=O) groups excluding carboxylic acids is 1. The first-order valence-electron chi connectivity index (χ1n) is 7.10. The first kappa shape index (κ1) is 16.8. The highest BCUT2D eigenvalue weighted by Crippen LogP contribution is 2.24. The molecular weight excluding hydrogens is 262 g/mol. The van der Waals surface area contributed by atoms with Gasteiger partial charge in [0.05, 0.1) is 6.10 Å². The van der Waals surface area contributed by atoms with Crippen LogP contribution in [0.5, 0.6) is 0 Å². The molecule has 1 saturated heterocycles. The van der Waals surface area contributed by atoms with Crippen molar-refractivity contribution in [1.29, 1.82) is 0 Å². The van der Waals surface area contributed by atoms with E-state index >= 15 is 0 Å². The molecule has 0 aromatic heterocycles. The van der Waals surface area contributed by atoms with Crippen molar-refractivity contribution >= 4 is 12.1 Å². The van der Waals surface area contributed by atoms with Gasteiger partial charge in [-0.15, -0.1) is 0 Å². The smallest absolute Gasteiger partial charge is 0.411 e. The molecule has 6 heteroatoms. The number of likely N-dealkylation sites (tertiary alicyclic amines) is 1. The van der Waals surface area contributed by atoms with Crippen LogP contribution in [0.4, 0.5) is 4.79 Å². The van der Waals surface area contributed by atoms with Crippen LogP contribution in [0.3, 0.4) is 0 Å². The van der Waals surface area contributed by atoms with E-state index in [9.17, 15) is 14.7 Å². The van der Waals surface area contributed by atoms with E-state index in [0.717, 1.165) is 12.8 Å². The lowest BCUT2D eigenvalue weighted by Crippen LogP contribution is -2.47. The van der Waals surface area contributed by atoms with E-state index in [2.05, 4.69) is 0 Å². The van der Waals surface area contributed by atoms with Gasteiger partial charge in [0.1, 0.15) is 5.60 Å². The third-order valence-corrected chi connectivity index (χ3v) is 3.05. The van der Waals surface area contributed by atoms with Crippen molar-refractivity contribution in [2.75, 3.05) is 13.2 Å². The van der Waals surface area contributed by atoms with Crippen LogP contribution in [0.15, 0.2) is 0 Å². The number of unbranched alkanes of at least 4 members (excludes halogenated alkanes) is 1. The van der Waals surface area contributed by atoms with Crippen molar-refractivity contribution < 1.29 is 24.2 Å². The summed E-state index contributed by atoms with van der Waals surface area (Å²) in [4.78, 5) is 24.7. The van der Waals surface area contributed by atoms with Crippen LogP contribution < -0.4 is 0 Å². The van der Waals surface area contributed by atoms with Gasteiger partial charge < -0.3 is 14.6 Å². The van der Waals surface area contributed by atoms with E-state index in [1.54, 1.807) is 20.8 Å². The lowest BCUT2D eigenvalue weighted by Gasteiger charge is -2.28. The van der Waals surface area contributed by atoms with Crippen molar-refractivity contribution in [3.05, 3.63) is 0 Å². The Kier molecular flexibility index (Phi) is 5.80. The summed E-state index contributed by atoms with van der Waals surface area (Å²) < 4.78 is 10.8. The van der Waals surface area contributed by atoms with E-state index in [-0.39, 0.29) is 0 Å². The van der Waals surface area contributed by atoms with Crippen LogP contribution in [-0.4, -0.2) is 53.0 Å². The van der Waals surface area contributed by atoms with Gasteiger partial charge in [-0.25, -0.2) is 9.59 Å². The Hall–Kier alpha value is -1.30. The van der Waals surface area contributed by atoms with Crippen LogP contribution in [0.2, 0.25) is 0 Å². The van der Waals surface area contributed by atoms with E-state index in [1.807, 2.05) is 6.92 Å². The summed E-state index contributed by atoms with van der Waals surface area (Å²) in [5.74, 6) is -1.05. The van der Waals surface area contributed by atoms with Crippen LogP contribution in [-0.2, 0) is 14.3 Å². The Morgan fingerprint density at radius 3 is 2.50 bits per heavy atom. The number of rotatable bonds is 5. The molecule has 2 atom stereocenters. The Morgan fingerprint density at radius 2 is 2.00 bits per heavy atom. The fourth-order valence-electron chi connectivity index (χ4n) is 2.14. The third kappa shape index (κ3) is 4.67. The summed E-state index contributed by atoms with van der Waals surface area (Å²) in [5.41, 5.74) is -0.638. The molecule has 0 saturated carbocycles. The number of aliphatic carboxylic acids is 1. The summed E-state index contributed by atoms with van der Waals surface area (Å²) in [6.45, 7) is 8.18. The molecular formula is C14H25NO5. The normalized spacial score (nSPS) is 22.9. The largest absolute Gasteiger partial charge is 0.480 e. The SMILES string of the molecule is CCCCO[C@@H]1CCN(C(=O)OC(C)(C)C)[C@@H]1C(=O)O. The van der Waals surface area contributed by atoms with E-state index < -0.39 is 29.8 Å². The molecule has 1 aliphatic rings. The molecule has 0 radical (unpaired) electrons. The van der Waals surface area contributed by atoms with Gasteiger partial charge in [-0.3, -0.25) is 4.90 Å². The Labute approximate surface area is 120 Å². The number of hydrogen-bond donors (Lipinski definition) is 1. The summed E-state index contributed by atoms with van der Waals surface area (Å²) >= 11 is 0. The highest BCUT2D eigenvalue weighted by molar-refractivity contribution is 5.81. The molecule has 1 rings (SSSR count). The molecule has 20 heavy (non-hydrogen) atoms. The number of carboxylic acid groups (broad SMARTS) is 1. The van der Waals surface area contributed by atoms with E-state index in [4.69, 9.17) is 9.47 Å². The minimum absolute atomic E-state index is 0.350. The number of amides is 1. The zero-order valence-corrected chi connectivity index (χ0v) is 12.7. The summed E-state index contributed by atoms with van der Waals surface area (Å²) in [7, 11) is 0. The maximum Gasteiger partial charge on any atom is 0.411 e. The fraction of sp³-hybridized carbons (Fsp3) is 0.857. The molecule has 1 N–H and O–H groups in total. The fourth-order valence-corrected chi connectivity index (χ4v) is 2.14. The molecule has 0 aromatic carbocycles. The number of carboxylic acids is 1. The second kappa shape index (κ2) is 6.92. The maximum absolute atomic E-state index is 12.0. The lowest BCUT2D eigenvalue weighted by atomic mass is 10.1. The maximum atomic E-state index is 12.0. The highest BCUT2D eigenvalue weighted by Gasteiger charge is 2.44. The Morgan fingerprint density at radius 1 is 1.35 bits per heavy atom. The first-order valence-corrected chi connectivity index (χ1v) is 7.10. The van der Waals surface area contributed by atoms with Crippen molar-refractivity contribution in [3.63, 3.8) is 0 Å². The van der Waals surface area contributed by atoms with Gasteiger partial charge in [0.2, 0.25) is 0 Å². The zero-order chi connectivity index (χ0) is 15.3. The standard InChI is InChI=1S/C14H25NO5/c1-5-6-9-19-10-7-8-15(11(10)12(16)17)13(18)20-14(2,3)4/h10-11H,5-9H2,1-4H3,(H,16,17)/t10-,11+/m1/s1. The molecule has 0 unspecified atom stereocenters. The van der Waals surface area contributed by atoms with Crippen molar-refractivity contribution in [1.82, 2.24) is 4.90 Å². The van der Waals surface area contributed by atoms with Crippen LogP contribution in [0.25, 0.3) is 0 Å². The molecule has 1 heterocycles. The van der Waals surface area contributed by atoms with E-state index in [0.29, 0.717) is 19.6 Å². The lowest BCUT2D eigenvalue weighted by molar-refractivity contribution is -0.146. The average Bonchev–Trinajstić information content (AvgIpc) is 2.71. The van der Waals surface area contributed by atoms with Gasteiger partial charge in [-0.2, -0.15) is 0 Å². The van der Waals surface area contributed by atoms with Crippen LogP contribution in [0.1, 0.15) is 47.0 Å². The van der Waals surface area contributed by atoms with Gasteiger partial charge in [0, 0.05) is 13.2 Å². The average molecular weight is 287 g/mol. The molecule has 1 amide bonds. The summed E-state index contributed by atoms with van der Waals surface area (Å²) in [6.07, 6.45) is 1.35. The van der Waals surface area contributed by atoms with Crippen LogP contribution >= 0.6 is 0 Å². The molecule has 0 spiro atoms. The van der Waals surface area contributed by atoms with Gasteiger partial charge in [-0.1, -0.05) is 13.3 Å². The molecule has 6 nitrogen and oxygen atoms in total. The predicted molar refractivity (Wildman–Crippen MR) is 73.6 cm³/mol. The highest BCUT2D eigenvalue weighted by atomic mass is 16.6. The zero-order valence-electron chi connectivity index (χ0n) is 12.7. The molecule has 0 bridgehead atoms. The Bertz CT molecular complexity index is 350. The van der Waals surface area contributed by atoms with Crippen molar-refractivity contribution in [2.24, 2.45) is 0 Å². The van der Waals surface area contributed by atoms with Gasteiger partial charge in [0.15, 0.2) is 6.04 Å². The molecule has 1 aliphatic heterocycles. The van der Waals surface area contributed by atoms with Crippen molar-refractivity contribution in [3.8, 4) is 0 Å². The topological polar surface area (TPSA) is 76.1 Å². The quantitative estimate of drug-likeness (QED) is 0.785. The monoisotopic (exact) mass is 287 g/mol. The van der Waals surface area contributed by atoms with E-state index in [1.165, 1.54) is 4.90 Å². The van der Waals surface area contributed by atoms with Gasteiger partial charge in [-0.05, 0) is 33.6 Å². The third-order valence-electron chi connectivity index (χ3n) is 3.05. The molecule has 0 aliphatic carbocycles. The predicted octanol–water partition coefficient (Wildman–Crippen LogP) is 2.27. The Balaban J connectivity index is 2.68. The van der Waals surface area contributed by atoms with Gasteiger partial charge >= 0.3 is 12.1 Å². The second-order valence-corrected chi connectivity index (χ2v) is 6.01. The molecule has 1 fully saturated rings. The summed E-state index contributed by atoms with van der Waals surface area (Å²) in [5, 5.41) is 9.33. The number of nitrogens with zero attached hydrogens (tertiary/aromatic N) is 1.